The molecule has 0 bridgehead atoms. The van der Waals surface area contributed by atoms with Gasteiger partial charge in [0, 0.05) is 17.6 Å². The summed E-state index contributed by atoms with van der Waals surface area (Å²) >= 11 is 5.82. The van der Waals surface area contributed by atoms with Gasteiger partial charge >= 0.3 is 5.97 Å². The van der Waals surface area contributed by atoms with Crippen molar-refractivity contribution in [1.82, 2.24) is 5.32 Å². The molecule has 0 radical (unpaired) electrons. The summed E-state index contributed by atoms with van der Waals surface area (Å²) < 4.78 is 31.2. The molecule has 0 atom stereocenters. The molecule has 0 fully saturated rings. The lowest BCUT2D eigenvalue weighted by molar-refractivity contribution is -0.144. The average Bonchev–Trinajstić information content (AvgIpc) is 2.53. The van der Waals surface area contributed by atoms with Gasteiger partial charge in [-0.3, -0.25) is 9.59 Å². The Morgan fingerprint density at radius 1 is 1.12 bits per heavy atom. The van der Waals surface area contributed by atoms with E-state index in [2.05, 4.69) is 5.32 Å². The Hall–Kier alpha value is -2.47. The summed E-state index contributed by atoms with van der Waals surface area (Å²) in [6.45, 7) is 0.0456. The van der Waals surface area contributed by atoms with Gasteiger partial charge in [0.1, 0.15) is 18.2 Å². The van der Waals surface area contributed by atoms with Crippen LogP contribution in [0.25, 0.3) is 0 Å². The lowest BCUT2D eigenvalue weighted by Crippen LogP contribution is -2.27. The normalized spacial score (nSPS) is 10.3. The number of esters is 1. The first kappa shape index (κ1) is 17.9. The zero-order chi connectivity index (χ0) is 17.5. The molecule has 126 valence electrons. The van der Waals surface area contributed by atoms with E-state index in [0.717, 1.165) is 17.7 Å². The van der Waals surface area contributed by atoms with Crippen LogP contribution < -0.4 is 5.32 Å². The fraction of sp³-hybridized carbons (Fsp3) is 0.176. The van der Waals surface area contributed by atoms with Crippen LogP contribution in [-0.2, 0) is 16.1 Å². The first-order valence-electron chi connectivity index (χ1n) is 7.09. The summed E-state index contributed by atoms with van der Waals surface area (Å²) in [6.07, 6.45) is -0.0743. The predicted octanol–water partition coefficient (Wildman–Crippen LogP) is 3.48. The van der Waals surface area contributed by atoms with Gasteiger partial charge in [-0.1, -0.05) is 23.7 Å². The first-order valence-corrected chi connectivity index (χ1v) is 7.47. The number of hydrogen-bond acceptors (Lipinski definition) is 3. The second kappa shape index (κ2) is 8.40. The lowest BCUT2D eigenvalue weighted by Gasteiger charge is -2.07. The van der Waals surface area contributed by atoms with Crippen LogP contribution in [0.2, 0.25) is 5.02 Å². The highest BCUT2D eigenvalue weighted by Crippen LogP contribution is 2.12. The monoisotopic (exact) mass is 353 g/mol. The van der Waals surface area contributed by atoms with E-state index >= 15 is 0 Å². The van der Waals surface area contributed by atoms with Gasteiger partial charge in [-0.25, -0.2) is 8.78 Å². The number of carbonyl (C=O) groups excluding carboxylic acids is 2. The molecule has 2 aromatic carbocycles. The minimum Gasteiger partial charge on any atom is -0.461 e. The van der Waals surface area contributed by atoms with Crippen molar-refractivity contribution < 1.29 is 23.1 Å². The van der Waals surface area contributed by atoms with E-state index in [-0.39, 0.29) is 25.1 Å². The van der Waals surface area contributed by atoms with Crippen LogP contribution in [0.5, 0.6) is 0 Å². The van der Waals surface area contributed by atoms with Crippen LogP contribution >= 0.6 is 11.6 Å². The maximum Gasteiger partial charge on any atom is 0.307 e. The molecule has 0 aliphatic carbocycles. The quantitative estimate of drug-likeness (QED) is 0.809. The van der Waals surface area contributed by atoms with Gasteiger partial charge in [0.2, 0.25) is 0 Å². The van der Waals surface area contributed by atoms with Crippen molar-refractivity contribution in [3.8, 4) is 0 Å². The number of amides is 1. The molecular weight excluding hydrogens is 340 g/mol. The SMILES string of the molecule is O=C(CCNC(=O)c1ccc(F)cc1F)OCc1cccc(Cl)c1. The van der Waals surface area contributed by atoms with Crippen LogP contribution in [0, 0.1) is 11.6 Å². The van der Waals surface area contributed by atoms with E-state index in [1.165, 1.54) is 0 Å². The fourth-order valence-corrected chi connectivity index (χ4v) is 2.12. The molecule has 1 N–H and O–H groups in total. The minimum absolute atomic E-state index is 0.0238. The Kier molecular flexibility index (Phi) is 6.26. The van der Waals surface area contributed by atoms with Crippen LogP contribution in [0.1, 0.15) is 22.3 Å². The van der Waals surface area contributed by atoms with Crippen LogP contribution in [0.15, 0.2) is 42.5 Å². The number of carbonyl (C=O) groups is 2. The highest BCUT2D eigenvalue weighted by molar-refractivity contribution is 6.30. The molecule has 1 amide bonds. The standard InChI is InChI=1S/C17H14ClF2NO3/c18-12-3-1-2-11(8-12)10-24-16(22)6-7-21-17(23)14-5-4-13(19)9-15(14)20/h1-5,8-9H,6-7,10H2,(H,21,23). The van der Waals surface area contributed by atoms with Crippen molar-refractivity contribution in [1.29, 1.82) is 0 Å². The Bertz CT molecular complexity index is 752. The summed E-state index contributed by atoms with van der Waals surface area (Å²) in [5.41, 5.74) is 0.456. The van der Waals surface area contributed by atoms with Gasteiger partial charge in [-0.15, -0.1) is 0 Å². The summed E-state index contributed by atoms with van der Waals surface area (Å²) in [5.74, 6) is -2.98. The van der Waals surface area contributed by atoms with E-state index in [4.69, 9.17) is 16.3 Å². The number of benzene rings is 2. The van der Waals surface area contributed by atoms with E-state index in [0.29, 0.717) is 11.1 Å². The smallest absolute Gasteiger partial charge is 0.307 e. The number of hydrogen-bond donors (Lipinski definition) is 1. The molecule has 24 heavy (non-hydrogen) atoms. The van der Waals surface area contributed by atoms with Gasteiger partial charge in [0.05, 0.1) is 12.0 Å². The lowest BCUT2D eigenvalue weighted by atomic mass is 10.2. The molecule has 2 rings (SSSR count). The number of ether oxygens (including phenoxy) is 1. The van der Waals surface area contributed by atoms with Crippen molar-refractivity contribution in [2.75, 3.05) is 6.54 Å². The molecule has 0 saturated heterocycles. The van der Waals surface area contributed by atoms with Gasteiger partial charge in [0.15, 0.2) is 0 Å². The molecular formula is C17H14ClF2NO3. The molecule has 7 heteroatoms. The molecule has 2 aromatic rings. The zero-order valence-corrected chi connectivity index (χ0v) is 13.3. The largest absolute Gasteiger partial charge is 0.461 e. The summed E-state index contributed by atoms with van der Waals surface area (Å²) in [5, 5.41) is 2.91. The van der Waals surface area contributed by atoms with Crippen LogP contribution in [-0.4, -0.2) is 18.4 Å². The Labute approximate surface area is 142 Å². The van der Waals surface area contributed by atoms with Gasteiger partial charge in [-0.2, -0.15) is 0 Å². The minimum atomic E-state index is -0.962. The van der Waals surface area contributed by atoms with Gasteiger partial charge in [-0.05, 0) is 29.8 Å². The number of rotatable bonds is 6. The average molecular weight is 354 g/mol. The van der Waals surface area contributed by atoms with E-state index in [1.807, 2.05) is 0 Å². The van der Waals surface area contributed by atoms with Crippen molar-refractivity contribution in [3.63, 3.8) is 0 Å². The van der Waals surface area contributed by atoms with Gasteiger partial charge in [0.25, 0.3) is 5.91 Å². The summed E-state index contributed by atoms with van der Waals surface area (Å²) in [4.78, 5) is 23.3. The maximum absolute atomic E-state index is 13.4. The Morgan fingerprint density at radius 3 is 2.62 bits per heavy atom. The van der Waals surface area contributed by atoms with E-state index in [9.17, 15) is 18.4 Å². The third kappa shape index (κ3) is 5.31. The predicted molar refractivity (Wildman–Crippen MR) is 84.6 cm³/mol. The van der Waals surface area contributed by atoms with Gasteiger partial charge < -0.3 is 10.1 Å². The van der Waals surface area contributed by atoms with E-state index in [1.54, 1.807) is 24.3 Å². The fourth-order valence-electron chi connectivity index (χ4n) is 1.91. The van der Waals surface area contributed by atoms with Crippen LogP contribution in [0.4, 0.5) is 8.78 Å². The summed E-state index contributed by atoms with van der Waals surface area (Å²) in [6, 6.07) is 9.52. The van der Waals surface area contributed by atoms with Crippen molar-refractivity contribution in [3.05, 3.63) is 70.2 Å². The van der Waals surface area contributed by atoms with Crippen molar-refractivity contribution >= 4 is 23.5 Å². The molecule has 4 nitrogen and oxygen atoms in total. The topological polar surface area (TPSA) is 55.4 Å². The number of halogens is 3. The second-order valence-corrected chi connectivity index (χ2v) is 5.36. The van der Waals surface area contributed by atoms with Crippen molar-refractivity contribution in [2.24, 2.45) is 0 Å². The molecule has 0 aliphatic rings. The first-order chi connectivity index (χ1) is 11.5. The molecule has 0 aliphatic heterocycles. The molecule has 0 aromatic heterocycles. The molecule has 0 unspecified atom stereocenters. The maximum atomic E-state index is 13.4. The third-order valence-corrected chi connectivity index (χ3v) is 3.31. The highest BCUT2D eigenvalue weighted by Gasteiger charge is 2.13. The molecule has 0 heterocycles. The van der Waals surface area contributed by atoms with Crippen LogP contribution in [0.3, 0.4) is 0 Å². The Morgan fingerprint density at radius 2 is 1.92 bits per heavy atom. The summed E-state index contributed by atoms with van der Waals surface area (Å²) in [7, 11) is 0. The highest BCUT2D eigenvalue weighted by atomic mass is 35.5. The van der Waals surface area contributed by atoms with E-state index < -0.39 is 23.5 Å². The Balaban J connectivity index is 1.75. The van der Waals surface area contributed by atoms with Crippen molar-refractivity contribution in [2.45, 2.75) is 13.0 Å². The molecule has 0 saturated carbocycles. The number of nitrogens with one attached hydrogen (secondary N) is 1. The second-order valence-electron chi connectivity index (χ2n) is 4.92. The zero-order valence-electron chi connectivity index (χ0n) is 12.5. The third-order valence-electron chi connectivity index (χ3n) is 3.08. The molecule has 0 spiro atoms.